The van der Waals surface area contributed by atoms with Crippen LogP contribution < -0.4 is 0 Å². The van der Waals surface area contributed by atoms with E-state index < -0.39 is 0 Å². The van der Waals surface area contributed by atoms with Crippen molar-refractivity contribution in [3.8, 4) is 0 Å². The fourth-order valence-corrected chi connectivity index (χ4v) is 4.55. The molecular weight excluding hydrogens is 279 g/mol. The summed E-state index contributed by atoms with van der Waals surface area (Å²) < 4.78 is 6.73. The van der Waals surface area contributed by atoms with Gasteiger partial charge in [-0.05, 0) is 24.6 Å². The van der Waals surface area contributed by atoms with Crippen LogP contribution in [0.1, 0.15) is 76.7 Å². The average molecular weight is 310 g/mol. The molecular formula is C21H31BO. The Hall–Kier alpha value is -1.18. The SMILES string of the molecule is C/C=C(\OB(C1CCCCC1)C1CCCCC1)c1ccccc1. The molecule has 1 aromatic carbocycles. The van der Waals surface area contributed by atoms with Crippen LogP contribution in [0, 0.1) is 0 Å². The van der Waals surface area contributed by atoms with Gasteiger partial charge in [0.1, 0.15) is 5.76 Å². The maximum Gasteiger partial charge on any atom is 0.364 e. The second-order valence-corrected chi connectivity index (χ2v) is 7.40. The van der Waals surface area contributed by atoms with Gasteiger partial charge in [-0.25, -0.2) is 0 Å². The van der Waals surface area contributed by atoms with E-state index in [0.717, 1.165) is 17.4 Å². The zero-order chi connectivity index (χ0) is 15.9. The molecule has 2 saturated carbocycles. The third-order valence-electron chi connectivity index (χ3n) is 5.81. The molecule has 23 heavy (non-hydrogen) atoms. The van der Waals surface area contributed by atoms with Gasteiger partial charge in [0, 0.05) is 5.56 Å². The van der Waals surface area contributed by atoms with Gasteiger partial charge in [-0.3, -0.25) is 0 Å². The van der Waals surface area contributed by atoms with E-state index in [2.05, 4.69) is 43.3 Å². The van der Waals surface area contributed by atoms with Crippen LogP contribution in [0.15, 0.2) is 36.4 Å². The van der Waals surface area contributed by atoms with Crippen molar-refractivity contribution in [2.45, 2.75) is 82.8 Å². The molecule has 1 nitrogen and oxygen atoms in total. The predicted molar refractivity (Wildman–Crippen MR) is 101 cm³/mol. The van der Waals surface area contributed by atoms with Crippen LogP contribution in [0.5, 0.6) is 0 Å². The summed E-state index contributed by atoms with van der Waals surface area (Å²) in [6.45, 7) is 2.54. The topological polar surface area (TPSA) is 9.23 Å². The zero-order valence-electron chi connectivity index (χ0n) is 14.7. The first-order valence-electron chi connectivity index (χ1n) is 9.77. The van der Waals surface area contributed by atoms with Gasteiger partial charge >= 0.3 is 6.92 Å². The van der Waals surface area contributed by atoms with E-state index in [0.29, 0.717) is 6.92 Å². The number of hydrogen-bond acceptors (Lipinski definition) is 1. The van der Waals surface area contributed by atoms with Gasteiger partial charge in [-0.1, -0.05) is 94.5 Å². The molecule has 0 N–H and O–H groups in total. The van der Waals surface area contributed by atoms with Crippen LogP contribution in [0.2, 0.25) is 11.6 Å². The van der Waals surface area contributed by atoms with Crippen LogP contribution >= 0.6 is 0 Å². The zero-order valence-corrected chi connectivity index (χ0v) is 14.7. The van der Waals surface area contributed by atoms with Crippen LogP contribution in [-0.2, 0) is 4.65 Å². The fraction of sp³-hybridized carbons (Fsp3) is 0.619. The first kappa shape index (κ1) is 16.7. The van der Waals surface area contributed by atoms with Gasteiger partial charge in [0.05, 0.1) is 0 Å². The van der Waals surface area contributed by atoms with E-state index in [4.69, 9.17) is 4.65 Å². The quantitative estimate of drug-likeness (QED) is 0.433. The summed E-state index contributed by atoms with van der Waals surface area (Å²) in [5.74, 6) is 2.63. The number of benzene rings is 1. The number of allylic oxidation sites excluding steroid dienone is 1. The van der Waals surface area contributed by atoms with Gasteiger partial charge < -0.3 is 4.65 Å². The predicted octanol–water partition coefficient (Wildman–Crippen LogP) is 6.72. The first-order valence-corrected chi connectivity index (χ1v) is 9.77. The minimum atomic E-state index is 0.432. The minimum Gasteiger partial charge on any atom is -0.560 e. The molecule has 2 aliphatic rings. The van der Waals surface area contributed by atoms with Crippen molar-refractivity contribution < 1.29 is 4.65 Å². The van der Waals surface area contributed by atoms with Gasteiger partial charge in [0.15, 0.2) is 0 Å². The summed E-state index contributed by atoms with van der Waals surface area (Å²) in [6, 6.07) is 10.6. The summed E-state index contributed by atoms with van der Waals surface area (Å²) in [5, 5.41) is 0. The fourth-order valence-electron chi connectivity index (χ4n) is 4.55. The van der Waals surface area contributed by atoms with E-state index in [1.807, 2.05) is 0 Å². The molecule has 0 atom stereocenters. The molecule has 0 amide bonds. The van der Waals surface area contributed by atoms with Crippen LogP contribution in [0.25, 0.3) is 5.76 Å². The van der Waals surface area contributed by atoms with Gasteiger partial charge in [-0.2, -0.15) is 0 Å². The Labute approximate surface area is 142 Å². The van der Waals surface area contributed by atoms with Crippen LogP contribution in [-0.4, -0.2) is 6.92 Å². The maximum atomic E-state index is 6.73. The molecule has 0 spiro atoms. The van der Waals surface area contributed by atoms with Crippen molar-refractivity contribution in [3.63, 3.8) is 0 Å². The Kier molecular flexibility index (Phi) is 6.24. The van der Waals surface area contributed by atoms with E-state index >= 15 is 0 Å². The Balaban J connectivity index is 1.76. The van der Waals surface area contributed by atoms with Crippen molar-refractivity contribution in [1.29, 1.82) is 0 Å². The number of rotatable bonds is 5. The molecule has 124 valence electrons. The van der Waals surface area contributed by atoms with Crippen molar-refractivity contribution in [2.24, 2.45) is 0 Å². The summed E-state index contributed by atoms with van der Waals surface area (Å²) in [6.07, 6.45) is 16.1. The lowest BCUT2D eigenvalue weighted by Crippen LogP contribution is -2.33. The molecule has 2 heteroatoms. The van der Waals surface area contributed by atoms with Crippen LogP contribution in [0.3, 0.4) is 0 Å². The smallest absolute Gasteiger partial charge is 0.364 e. The monoisotopic (exact) mass is 310 g/mol. The molecule has 0 aliphatic heterocycles. The molecule has 0 radical (unpaired) electrons. The molecule has 2 aliphatic carbocycles. The van der Waals surface area contributed by atoms with Crippen molar-refractivity contribution in [3.05, 3.63) is 42.0 Å². The Morgan fingerprint density at radius 1 is 0.870 bits per heavy atom. The standard InChI is InChI=1S/C21H31BO/c1-2-21(18-12-6-3-7-13-18)23-22(19-14-8-4-9-15-19)20-16-10-5-11-17-20/h2-3,6-7,12-13,19-20H,4-5,8-11,14-17H2,1H3/b21-2-. The Bertz CT molecular complexity index is 466. The lowest BCUT2D eigenvalue weighted by atomic mass is 9.41. The van der Waals surface area contributed by atoms with Crippen molar-refractivity contribution in [2.75, 3.05) is 0 Å². The first-order chi connectivity index (χ1) is 11.4. The maximum absolute atomic E-state index is 6.73. The normalized spacial score (nSPS) is 21.2. The lowest BCUT2D eigenvalue weighted by Gasteiger charge is -2.35. The van der Waals surface area contributed by atoms with Gasteiger partial charge in [0.2, 0.25) is 0 Å². The molecule has 1 aromatic rings. The third kappa shape index (κ3) is 4.43. The molecule has 0 bridgehead atoms. The van der Waals surface area contributed by atoms with E-state index in [-0.39, 0.29) is 0 Å². The number of hydrogen-bond donors (Lipinski definition) is 0. The van der Waals surface area contributed by atoms with E-state index in [1.54, 1.807) is 0 Å². The molecule has 3 rings (SSSR count). The molecule has 2 fully saturated rings. The Morgan fingerprint density at radius 2 is 1.39 bits per heavy atom. The highest BCUT2D eigenvalue weighted by Gasteiger charge is 2.38. The van der Waals surface area contributed by atoms with Crippen molar-refractivity contribution >= 4 is 12.7 Å². The van der Waals surface area contributed by atoms with Crippen molar-refractivity contribution in [1.82, 2.24) is 0 Å². The Morgan fingerprint density at radius 3 is 1.87 bits per heavy atom. The van der Waals surface area contributed by atoms with Crippen LogP contribution in [0.4, 0.5) is 0 Å². The van der Waals surface area contributed by atoms with E-state index in [9.17, 15) is 0 Å². The average Bonchev–Trinajstić information content (AvgIpc) is 2.65. The summed E-state index contributed by atoms with van der Waals surface area (Å²) >= 11 is 0. The summed E-state index contributed by atoms with van der Waals surface area (Å²) in [7, 11) is 0. The van der Waals surface area contributed by atoms with Gasteiger partial charge in [0.25, 0.3) is 0 Å². The summed E-state index contributed by atoms with van der Waals surface area (Å²) in [4.78, 5) is 0. The molecule has 0 heterocycles. The highest BCUT2D eigenvalue weighted by atomic mass is 16.4. The highest BCUT2D eigenvalue weighted by Crippen LogP contribution is 2.43. The summed E-state index contributed by atoms with van der Waals surface area (Å²) in [5.41, 5.74) is 1.23. The second-order valence-electron chi connectivity index (χ2n) is 7.40. The third-order valence-corrected chi connectivity index (χ3v) is 5.81. The molecule has 0 unspecified atom stereocenters. The minimum absolute atomic E-state index is 0.432. The molecule has 0 saturated heterocycles. The van der Waals surface area contributed by atoms with Gasteiger partial charge in [-0.15, -0.1) is 0 Å². The lowest BCUT2D eigenvalue weighted by molar-refractivity contribution is 0.392. The molecule has 0 aromatic heterocycles. The van der Waals surface area contributed by atoms with E-state index in [1.165, 1.54) is 69.8 Å². The largest absolute Gasteiger partial charge is 0.560 e. The highest BCUT2D eigenvalue weighted by molar-refractivity contribution is 6.56. The second kappa shape index (κ2) is 8.61.